The summed E-state index contributed by atoms with van der Waals surface area (Å²) in [5, 5.41) is 11.4. The molecule has 8 heteroatoms. The highest BCUT2D eigenvalue weighted by Crippen LogP contribution is 2.32. The molecule has 0 aromatic rings. The van der Waals surface area contributed by atoms with Gasteiger partial charge in [0.25, 0.3) is 0 Å². The van der Waals surface area contributed by atoms with Gasteiger partial charge in [0.2, 0.25) is 0 Å². The molecule has 1 saturated heterocycles. The van der Waals surface area contributed by atoms with Crippen molar-refractivity contribution in [2.45, 2.75) is 44.0 Å². The zero-order chi connectivity index (χ0) is 14.9. The second-order valence-corrected chi connectivity index (χ2v) is 8.00. The van der Waals surface area contributed by atoms with Crippen LogP contribution in [0.4, 0.5) is 4.79 Å². The molecule has 1 amide bonds. The van der Waals surface area contributed by atoms with Gasteiger partial charge < -0.3 is 15.2 Å². The van der Waals surface area contributed by atoms with Crippen molar-refractivity contribution in [3.63, 3.8) is 0 Å². The predicted octanol–water partition coefficient (Wildman–Crippen LogP) is 0.543. The fourth-order valence-corrected chi connectivity index (χ4v) is 3.87. The molecule has 19 heavy (non-hydrogen) atoms. The van der Waals surface area contributed by atoms with E-state index in [4.69, 9.17) is 4.74 Å². The third kappa shape index (κ3) is 3.37. The molecule has 1 aliphatic heterocycles. The Kier molecular flexibility index (Phi) is 4.14. The van der Waals surface area contributed by atoms with E-state index in [1.807, 2.05) is 0 Å². The molecule has 0 aromatic heterocycles. The summed E-state index contributed by atoms with van der Waals surface area (Å²) in [6.07, 6.45) is -0.541. The van der Waals surface area contributed by atoms with Gasteiger partial charge in [-0.15, -0.1) is 0 Å². The Morgan fingerprint density at radius 1 is 1.37 bits per heavy atom. The van der Waals surface area contributed by atoms with E-state index >= 15 is 0 Å². The highest BCUT2D eigenvalue weighted by atomic mass is 32.2. The minimum absolute atomic E-state index is 0.000461. The largest absolute Gasteiger partial charge is 0.480 e. The van der Waals surface area contributed by atoms with Crippen LogP contribution >= 0.6 is 0 Å². The van der Waals surface area contributed by atoms with Gasteiger partial charge in [-0.1, -0.05) is 0 Å². The summed E-state index contributed by atoms with van der Waals surface area (Å²) >= 11 is 0. The smallest absolute Gasteiger partial charge is 0.407 e. The summed E-state index contributed by atoms with van der Waals surface area (Å²) in [6.45, 7) is 4.50. The van der Waals surface area contributed by atoms with E-state index in [9.17, 15) is 23.1 Å². The number of alkyl carbamates (subject to hydrolysis) is 1. The molecular weight excluding hydrogens is 274 g/mol. The van der Waals surface area contributed by atoms with Crippen molar-refractivity contribution in [2.75, 3.05) is 12.3 Å². The molecule has 1 rings (SSSR count). The number of rotatable bonds is 3. The fourth-order valence-electron chi connectivity index (χ4n) is 1.94. The average Bonchev–Trinajstić information content (AvgIpc) is 2.49. The van der Waals surface area contributed by atoms with Crippen LogP contribution in [0, 0.1) is 0 Å². The maximum atomic E-state index is 11.9. The van der Waals surface area contributed by atoms with Gasteiger partial charge in [-0.25, -0.2) is 13.2 Å². The molecule has 1 fully saturated rings. The van der Waals surface area contributed by atoms with Gasteiger partial charge in [-0.2, -0.15) is 0 Å². The number of hydrogen-bond acceptors (Lipinski definition) is 5. The summed E-state index contributed by atoms with van der Waals surface area (Å²) in [6, 6.07) is 0. The molecule has 1 aliphatic rings. The first-order chi connectivity index (χ1) is 8.50. The molecule has 0 bridgehead atoms. The van der Waals surface area contributed by atoms with E-state index in [2.05, 4.69) is 5.32 Å². The van der Waals surface area contributed by atoms with Crippen molar-refractivity contribution in [2.24, 2.45) is 0 Å². The SMILES string of the molecule is CC(C)(C)OC(=O)NCC1(C(=O)O)CCCS1(=O)=O. The van der Waals surface area contributed by atoms with Gasteiger partial charge >= 0.3 is 12.1 Å². The van der Waals surface area contributed by atoms with Gasteiger partial charge in [0.1, 0.15) is 5.60 Å². The Morgan fingerprint density at radius 2 is 1.95 bits per heavy atom. The van der Waals surface area contributed by atoms with E-state index in [0.717, 1.165) is 0 Å². The molecule has 0 aromatic carbocycles. The number of aliphatic carboxylic acids is 1. The number of sulfone groups is 1. The molecule has 2 N–H and O–H groups in total. The minimum atomic E-state index is -3.76. The lowest BCUT2D eigenvalue weighted by molar-refractivity contribution is -0.139. The van der Waals surface area contributed by atoms with Crippen LogP contribution < -0.4 is 5.32 Å². The normalized spacial score (nSPS) is 25.8. The Balaban J connectivity index is 2.78. The van der Waals surface area contributed by atoms with Crippen LogP contribution in [-0.2, 0) is 19.4 Å². The van der Waals surface area contributed by atoms with Crippen LogP contribution in [0.1, 0.15) is 33.6 Å². The quantitative estimate of drug-likeness (QED) is 0.786. The number of amides is 1. The number of carbonyl (C=O) groups excluding carboxylic acids is 1. The molecule has 0 spiro atoms. The topological polar surface area (TPSA) is 110 Å². The summed E-state index contributed by atoms with van der Waals surface area (Å²) in [4.78, 5) is 22.7. The zero-order valence-corrected chi connectivity index (χ0v) is 12.0. The van der Waals surface area contributed by atoms with Gasteiger partial charge in [0.05, 0.1) is 12.3 Å². The Hall–Kier alpha value is -1.31. The first-order valence-corrected chi connectivity index (χ1v) is 7.58. The monoisotopic (exact) mass is 293 g/mol. The second kappa shape index (κ2) is 4.99. The van der Waals surface area contributed by atoms with Crippen LogP contribution in [0.3, 0.4) is 0 Å². The molecule has 0 aliphatic carbocycles. The van der Waals surface area contributed by atoms with Crippen LogP contribution in [-0.4, -0.2) is 48.2 Å². The molecule has 1 heterocycles. The van der Waals surface area contributed by atoms with Crippen molar-refractivity contribution in [3.05, 3.63) is 0 Å². The number of hydrogen-bond donors (Lipinski definition) is 2. The summed E-state index contributed by atoms with van der Waals surface area (Å²) < 4.78 is 26.7. The Labute approximate surface area is 112 Å². The minimum Gasteiger partial charge on any atom is -0.480 e. The van der Waals surface area contributed by atoms with Crippen molar-refractivity contribution in [1.82, 2.24) is 5.32 Å². The van der Waals surface area contributed by atoms with Crippen molar-refractivity contribution in [3.8, 4) is 0 Å². The molecular formula is C11H19NO6S. The van der Waals surface area contributed by atoms with Crippen LogP contribution in [0.15, 0.2) is 0 Å². The number of carbonyl (C=O) groups is 2. The zero-order valence-electron chi connectivity index (χ0n) is 11.2. The first-order valence-electron chi connectivity index (χ1n) is 5.93. The van der Waals surface area contributed by atoms with E-state index in [0.29, 0.717) is 0 Å². The maximum absolute atomic E-state index is 11.9. The molecule has 0 saturated carbocycles. The summed E-state index contributed by atoms with van der Waals surface area (Å²) in [7, 11) is -3.76. The summed E-state index contributed by atoms with van der Waals surface area (Å²) in [5.74, 6) is -1.60. The van der Waals surface area contributed by atoms with E-state index < -0.39 is 38.8 Å². The highest BCUT2D eigenvalue weighted by molar-refractivity contribution is 7.93. The number of ether oxygens (including phenoxy) is 1. The number of carboxylic acids is 1. The van der Waals surface area contributed by atoms with E-state index in [-0.39, 0.29) is 18.6 Å². The second-order valence-electron chi connectivity index (χ2n) is 5.58. The van der Waals surface area contributed by atoms with Gasteiger partial charge in [0, 0.05) is 0 Å². The van der Waals surface area contributed by atoms with Gasteiger partial charge in [-0.05, 0) is 33.6 Å². The standard InChI is InChI=1S/C11H19NO6S/c1-10(2,3)18-9(15)12-7-11(8(13)14)5-4-6-19(11,16)17/h4-7H2,1-3H3,(H,12,15)(H,13,14). The Morgan fingerprint density at radius 3 is 2.32 bits per heavy atom. The maximum Gasteiger partial charge on any atom is 0.407 e. The molecule has 7 nitrogen and oxygen atoms in total. The first kappa shape index (κ1) is 15.7. The lowest BCUT2D eigenvalue weighted by Crippen LogP contribution is -2.52. The third-order valence-electron chi connectivity index (χ3n) is 2.90. The molecule has 110 valence electrons. The molecule has 0 radical (unpaired) electrons. The predicted molar refractivity (Wildman–Crippen MR) is 67.6 cm³/mol. The lowest BCUT2D eigenvalue weighted by Gasteiger charge is -2.25. The van der Waals surface area contributed by atoms with E-state index in [1.54, 1.807) is 20.8 Å². The van der Waals surface area contributed by atoms with Gasteiger partial charge in [-0.3, -0.25) is 4.79 Å². The molecule has 1 unspecified atom stereocenters. The lowest BCUT2D eigenvalue weighted by atomic mass is 10.0. The Bertz CT molecular complexity index is 478. The van der Waals surface area contributed by atoms with Crippen LogP contribution in [0.25, 0.3) is 0 Å². The van der Waals surface area contributed by atoms with Crippen molar-refractivity contribution >= 4 is 21.9 Å². The van der Waals surface area contributed by atoms with E-state index in [1.165, 1.54) is 0 Å². The average molecular weight is 293 g/mol. The van der Waals surface area contributed by atoms with Crippen LogP contribution in [0.5, 0.6) is 0 Å². The fraction of sp³-hybridized carbons (Fsp3) is 0.818. The van der Waals surface area contributed by atoms with Gasteiger partial charge in [0.15, 0.2) is 14.6 Å². The summed E-state index contributed by atoms with van der Waals surface area (Å²) in [5.41, 5.74) is -0.727. The van der Waals surface area contributed by atoms with Crippen molar-refractivity contribution < 1.29 is 27.9 Å². The highest BCUT2D eigenvalue weighted by Gasteiger charge is 2.54. The third-order valence-corrected chi connectivity index (χ3v) is 5.44. The number of nitrogens with one attached hydrogen (secondary N) is 1. The number of carboxylic acid groups (broad SMARTS) is 1. The van der Waals surface area contributed by atoms with Crippen LogP contribution in [0.2, 0.25) is 0 Å². The van der Waals surface area contributed by atoms with Crippen molar-refractivity contribution in [1.29, 1.82) is 0 Å². The molecule has 1 atom stereocenters.